The van der Waals surface area contributed by atoms with Crippen LogP contribution in [0.5, 0.6) is 0 Å². The van der Waals surface area contributed by atoms with Gasteiger partial charge >= 0.3 is 0 Å². The maximum atomic E-state index is 14.0. The molecule has 0 bridgehead atoms. The molecule has 0 unspecified atom stereocenters. The first-order valence-electron chi connectivity index (χ1n) is 7.45. The number of benzene rings is 2. The van der Waals surface area contributed by atoms with E-state index in [4.69, 9.17) is 4.74 Å². The highest BCUT2D eigenvalue weighted by atomic mass is 19.1. The van der Waals surface area contributed by atoms with E-state index in [0.29, 0.717) is 35.8 Å². The van der Waals surface area contributed by atoms with E-state index < -0.39 is 0 Å². The Bertz CT molecular complexity index is 666. The zero-order valence-corrected chi connectivity index (χ0v) is 12.2. The Labute approximate surface area is 129 Å². The van der Waals surface area contributed by atoms with Crippen LogP contribution in [0.2, 0.25) is 0 Å². The summed E-state index contributed by atoms with van der Waals surface area (Å²) in [6.45, 7) is 2.03. The smallest absolute Gasteiger partial charge is 0.251 e. The average molecular weight is 299 g/mol. The van der Waals surface area contributed by atoms with Crippen molar-refractivity contribution >= 4 is 5.91 Å². The van der Waals surface area contributed by atoms with Gasteiger partial charge in [0.05, 0.1) is 6.61 Å². The van der Waals surface area contributed by atoms with Crippen LogP contribution in [0.15, 0.2) is 48.5 Å². The van der Waals surface area contributed by atoms with Gasteiger partial charge in [-0.1, -0.05) is 36.4 Å². The first-order valence-corrected chi connectivity index (χ1v) is 7.45. The maximum absolute atomic E-state index is 14.0. The van der Waals surface area contributed by atoms with E-state index in [9.17, 15) is 9.18 Å². The number of nitrogens with one attached hydrogen (secondary N) is 1. The van der Waals surface area contributed by atoms with E-state index in [2.05, 4.69) is 5.32 Å². The second-order valence-electron chi connectivity index (χ2n) is 5.47. The van der Waals surface area contributed by atoms with E-state index in [1.807, 2.05) is 6.07 Å². The molecule has 1 aliphatic rings. The Kier molecular flexibility index (Phi) is 4.49. The Hall–Kier alpha value is -2.20. The molecular weight excluding hydrogens is 281 g/mol. The van der Waals surface area contributed by atoms with E-state index in [1.54, 1.807) is 36.4 Å². The fourth-order valence-corrected chi connectivity index (χ4v) is 2.67. The highest BCUT2D eigenvalue weighted by Crippen LogP contribution is 2.26. The number of rotatable bonds is 4. The summed E-state index contributed by atoms with van der Waals surface area (Å²) in [7, 11) is 0. The van der Waals surface area contributed by atoms with Crippen molar-refractivity contribution in [2.24, 2.45) is 5.92 Å². The van der Waals surface area contributed by atoms with Crippen molar-refractivity contribution in [2.45, 2.75) is 6.42 Å². The van der Waals surface area contributed by atoms with Crippen LogP contribution in [0, 0.1) is 11.7 Å². The topological polar surface area (TPSA) is 38.3 Å². The molecule has 0 radical (unpaired) electrons. The quantitative estimate of drug-likeness (QED) is 0.941. The van der Waals surface area contributed by atoms with E-state index >= 15 is 0 Å². The summed E-state index contributed by atoms with van der Waals surface area (Å²) in [5.41, 5.74) is 1.55. The van der Waals surface area contributed by atoms with Crippen molar-refractivity contribution in [3.63, 3.8) is 0 Å². The summed E-state index contributed by atoms with van der Waals surface area (Å²) in [6, 6.07) is 13.6. The Morgan fingerprint density at radius 2 is 1.86 bits per heavy atom. The van der Waals surface area contributed by atoms with Gasteiger partial charge in [0.2, 0.25) is 0 Å². The highest BCUT2D eigenvalue weighted by Gasteiger charge is 2.19. The fraction of sp³-hybridized carbons (Fsp3) is 0.278. The monoisotopic (exact) mass is 299 g/mol. The Morgan fingerprint density at radius 3 is 2.59 bits per heavy atom. The number of halogens is 1. The van der Waals surface area contributed by atoms with Crippen LogP contribution in [-0.4, -0.2) is 25.7 Å². The molecule has 3 rings (SSSR count). The SMILES string of the molecule is O=C(NC[C@H]1CCOC1)c1ccccc1-c1ccccc1F. The van der Waals surface area contributed by atoms with Gasteiger partial charge in [-0.2, -0.15) is 0 Å². The molecule has 1 saturated heterocycles. The second kappa shape index (κ2) is 6.71. The molecule has 0 saturated carbocycles. The molecule has 0 spiro atoms. The molecule has 4 heteroatoms. The Morgan fingerprint density at radius 1 is 1.14 bits per heavy atom. The van der Waals surface area contributed by atoms with Gasteiger partial charge in [0.25, 0.3) is 5.91 Å². The third kappa shape index (κ3) is 3.17. The number of hydrogen-bond acceptors (Lipinski definition) is 2. The summed E-state index contributed by atoms with van der Waals surface area (Å²) in [4.78, 5) is 12.4. The van der Waals surface area contributed by atoms with Gasteiger partial charge in [-0.3, -0.25) is 4.79 Å². The Balaban J connectivity index is 1.81. The molecule has 22 heavy (non-hydrogen) atoms. The maximum Gasteiger partial charge on any atom is 0.251 e. The highest BCUT2D eigenvalue weighted by molar-refractivity contribution is 6.00. The molecule has 3 nitrogen and oxygen atoms in total. The minimum atomic E-state index is -0.327. The summed E-state index contributed by atoms with van der Waals surface area (Å²) < 4.78 is 19.3. The molecule has 114 valence electrons. The van der Waals surface area contributed by atoms with E-state index in [0.717, 1.165) is 13.0 Å². The molecule has 1 atom stereocenters. The van der Waals surface area contributed by atoms with E-state index in [-0.39, 0.29) is 11.7 Å². The molecule has 1 fully saturated rings. The number of ether oxygens (including phenoxy) is 1. The summed E-state index contributed by atoms with van der Waals surface area (Å²) in [5, 5.41) is 2.93. The normalized spacial score (nSPS) is 17.4. The first kappa shape index (κ1) is 14.7. The van der Waals surface area contributed by atoms with Crippen LogP contribution in [0.4, 0.5) is 4.39 Å². The van der Waals surface area contributed by atoms with Gasteiger partial charge in [-0.15, -0.1) is 0 Å². The number of carbonyl (C=O) groups is 1. The number of carbonyl (C=O) groups excluding carboxylic acids is 1. The molecule has 1 amide bonds. The molecule has 2 aromatic rings. The van der Waals surface area contributed by atoms with Gasteiger partial charge in [0, 0.05) is 30.2 Å². The third-order valence-corrected chi connectivity index (χ3v) is 3.91. The standard InChI is InChI=1S/C18H18FNO2/c19-17-8-4-3-6-15(17)14-5-1-2-7-16(14)18(21)20-11-13-9-10-22-12-13/h1-8,13H,9-12H2,(H,20,21)/t13-/m1/s1. The van der Waals surface area contributed by atoms with Crippen LogP contribution in [-0.2, 0) is 4.74 Å². The predicted octanol–water partition coefficient (Wildman–Crippen LogP) is 3.26. The zero-order chi connectivity index (χ0) is 15.4. The molecular formula is C18H18FNO2. The van der Waals surface area contributed by atoms with Gasteiger partial charge in [0.1, 0.15) is 5.82 Å². The minimum absolute atomic E-state index is 0.175. The molecule has 1 heterocycles. The van der Waals surface area contributed by atoms with Crippen molar-refractivity contribution in [1.82, 2.24) is 5.32 Å². The van der Waals surface area contributed by atoms with Crippen LogP contribution in [0.1, 0.15) is 16.8 Å². The zero-order valence-electron chi connectivity index (χ0n) is 12.2. The molecule has 2 aromatic carbocycles. The van der Waals surface area contributed by atoms with Crippen molar-refractivity contribution in [2.75, 3.05) is 19.8 Å². The lowest BCUT2D eigenvalue weighted by atomic mass is 9.98. The second-order valence-corrected chi connectivity index (χ2v) is 5.47. The third-order valence-electron chi connectivity index (χ3n) is 3.91. The lowest BCUT2D eigenvalue weighted by Crippen LogP contribution is -2.29. The predicted molar refractivity (Wildman–Crippen MR) is 83.1 cm³/mol. The summed E-state index contributed by atoms with van der Waals surface area (Å²) in [5.74, 6) is -0.137. The van der Waals surface area contributed by atoms with Crippen molar-refractivity contribution in [3.8, 4) is 11.1 Å². The van der Waals surface area contributed by atoms with Crippen LogP contribution < -0.4 is 5.32 Å². The van der Waals surface area contributed by atoms with Crippen molar-refractivity contribution in [3.05, 3.63) is 59.9 Å². The largest absolute Gasteiger partial charge is 0.381 e. The summed E-state index contributed by atoms with van der Waals surface area (Å²) in [6.07, 6.45) is 0.968. The molecule has 0 aromatic heterocycles. The fourth-order valence-electron chi connectivity index (χ4n) is 2.67. The minimum Gasteiger partial charge on any atom is -0.381 e. The number of amides is 1. The summed E-state index contributed by atoms with van der Waals surface area (Å²) >= 11 is 0. The lowest BCUT2D eigenvalue weighted by Gasteiger charge is -2.13. The van der Waals surface area contributed by atoms with Gasteiger partial charge < -0.3 is 10.1 Å². The van der Waals surface area contributed by atoms with Gasteiger partial charge in [-0.05, 0) is 24.1 Å². The van der Waals surface area contributed by atoms with Gasteiger partial charge in [-0.25, -0.2) is 4.39 Å². The lowest BCUT2D eigenvalue weighted by molar-refractivity contribution is 0.0945. The molecule has 1 N–H and O–H groups in total. The first-order chi connectivity index (χ1) is 10.8. The molecule has 1 aliphatic heterocycles. The number of hydrogen-bond donors (Lipinski definition) is 1. The van der Waals surface area contributed by atoms with Crippen molar-refractivity contribution in [1.29, 1.82) is 0 Å². The average Bonchev–Trinajstić information content (AvgIpc) is 3.06. The molecule has 0 aliphatic carbocycles. The van der Waals surface area contributed by atoms with Gasteiger partial charge in [0.15, 0.2) is 0 Å². The van der Waals surface area contributed by atoms with Crippen LogP contribution in [0.25, 0.3) is 11.1 Å². The van der Waals surface area contributed by atoms with Crippen LogP contribution >= 0.6 is 0 Å². The van der Waals surface area contributed by atoms with Crippen LogP contribution in [0.3, 0.4) is 0 Å². The van der Waals surface area contributed by atoms with E-state index in [1.165, 1.54) is 6.07 Å². The van der Waals surface area contributed by atoms with Crippen molar-refractivity contribution < 1.29 is 13.9 Å².